The molecule has 0 unspecified atom stereocenters. The van der Waals surface area contributed by atoms with E-state index in [4.69, 9.17) is 11.6 Å². The van der Waals surface area contributed by atoms with Gasteiger partial charge in [-0.3, -0.25) is 4.79 Å². The monoisotopic (exact) mass is 239 g/mol. The van der Waals surface area contributed by atoms with Gasteiger partial charge in [0.15, 0.2) is 0 Å². The number of hydrogen-bond acceptors (Lipinski definition) is 7. The van der Waals surface area contributed by atoms with E-state index in [1.165, 1.54) is 0 Å². The number of amides is 1. The number of hydrogen-bond donors (Lipinski definition) is 5. The molecular weight excluding hydrogens is 222 g/mol. The molecular formula is C9H17N7O. The number of aromatic nitrogens is 2. The largest absolute Gasteiger partial charge is 0.369 e. The third kappa shape index (κ3) is 4.51. The zero-order valence-electron chi connectivity index (χ0n) is 9.66. The fraction of sp³-hybridized carbons (Fsp3) is 0.444. The summed E-state index contributed by atoms with van der Waals surface area (Å²) in [6.45, 7) is 2.96. The second-order valence-corrected chi connectivity index (χ2v) is 3.27. The SMILES string of the molecule is CCNC(=O)CCNc1cc(NN)nc(N)n1. The van der Waals surface area contributed by atoms with Crippen LogP contribution >= 0.6 is 0 Å². The molecule has 0 aliphatic heterocycles. The van der Waals surface area contributed by atoms with Crippen molar-refractivity contribution in [3.63, 3.8) is 0 Å². The van der Waals surface area contributed by atoms with Gasteiger partial charge in [0.25, 0.3) is 0 Å². The summed E-state index contributed by atoms with van der Waals surface area (Å²) in [5.41, 5.74) is 7.85. The highest BCUT2D eigenvalue weighted by molar-refractivity contribution is 5.76. The second-order valence-electron chi connectivity index (χ2n) is 3.27. The van der Waals surface area contributed by atoms with Crippen LogP contribution < -0.4 is 27.6 Å². The quantitative estimate of drug-likeness (QED) is 0.327. The van der Waals surface area contributed by atoms with Crippen LogP contribution in [-0.2, 0) is 4.79 Å². The maximum atomic E-state index is 11.2. The Bertz CT molecular complexity index is 382. The van der Waals surface area contributed by atoms with E-state index in [1.54, 1.807) is 6.07 Å². The highest BCUT2D eigenvalue weighted by Crippen LogP contribution is 2.10. The third-order valence-corrected chi connectivity index (χ3v) is 1.92. The van der Waals surface area contributed by atoms with Gasteiger partial charge < -0.3 is 21.8 Å². The van der Waals surface area contributed by atoms with Crippen LogP contribution in [0, 0.1) is 0 Å². The van der Waals surface area contributed by atoms with Gasteiger partial charge in [-0.1, -0.05) is 0 Å². The maximum absolute atomic E-state index is 11.2. The van der Waals surface area contributed by atoms with Crippen LogP contribution in [0.15, 0.2) is 6.07 Å². The maximum Gasteiger partial charge on any atom is 0.223 e. The average Bonchev–Trinajstić information content (AvgIpc) is 2.28. The molecule has 1 heterocycles. The van der Waals surface area contributed by atoms with E-state index in [-0.39, 0.29) is 11.9 Å². The van der Waals surface area contributed by atoms with Crippen LogP contribution in [0.25, 0.3) is 0 Å². The van der Waals surface area contributed by atoms with Crippen LogP contribution in [0.2, 0.25) is 0 Å². The first-order valence-electron chi connectivity index (χ1n) is 5.27. The Morgan fingerprint density at radius 2 is 2.12 bits per heavy atom. The van der Waals surface area contributed by atoms with Crippen LogP contribution in [0.5, 0.6) is 0 Å². The van der Waals surface area contributed by atoms with Gasteiger partial charge in [0.2, 0.25) is 11.9 Å². The summed E-state index contributed by atoms with van der Waals surface area (Å²) in [6.07, 6.45) is 0.364. The van der Waals surface area contributed by atoms with E-state index in [2.05, 4.69) is 26.0 Å². The van der Waals surface area contributed by atoms with Crippen LogP contribution in [-0.4, -0.2) is 29.0 Å². The van der Waals surface area contributed by atoms with Crippen molar-refractivity contribution in [1.82, 2.24) is 15.3 Å². The van der Waals surface area contributed by atoms with Crippen molar-refractivity contribution in [2.45, 2.75) is 13.3 Å². The first-order chi connectivity index (χ1) is 8.15. The van der Waals surface area contributed by atoms with Crippen molar-refractivity contribution < 1.29 is 4.79 Å². The summed E-state index contributed by atoms with van der Waals surface area (Å²) < 4.78 is 0. The highest BCUT2D eigenvalue weighted by atomic mass is 16.1. The minimum Gasteiger partial charge on any atom is -0.369 e. The number of nitrogen functional groups attached to an aromatic ring is 2. The minimum absolute atomic E-state index is 0.0146. The molecule has 0 atom stereocenters. The van der Waals surface area contributed by atoms with Gasteiger partial charge in [0, 0.05) is 25.6 Å². The molecule has 0 fully saturated rings. The lowest BCUT2D eigenvalue weighted by Gasteiger charge is -2.07. The second kappa shape index (κ2) is 6.48. The van der Waals surface area contributed by atoms with Crippen LogP contribution in [0.1, 0.15) is 13.3 Å². The van der Waals surface area contributed by atoms with Gasteiger partial charge in [-0.05, 0) is 6.92 Å². The highest BCUT2D eigenvalue weighted by Gasteiger charge is 2.02. The molecule has 0 aliphatic rings. The lowest BCUT2D eigenvalue weighted by Crippen LogP contribution is -2.25. The molecule has 17 heavy (non-hydrogen) atoms. The molecule has 0 spiro atoms. The number of nitrogens with zero attached hydrogens (tertiary/aromatic N) is 2. The van der Waals surface area contributed by atoms with Gasteiger partial charge in [-0.15, -0.1) is 0 Å². The van der Waals surface area contributed by atoms with Gasteiger partial charge in [0.05, 0.1) is 0 Å². The van der Waals surface area contributed by atoms with E-state index in [0.29, 0.717) is 31.1 Å². The van der Waals surface area contributed by atoms with Crippen LogP contribution in [0.3, 0.4) is 0 Å². The number of hydrazine groups is 1. The Morgan fingerprint density at radius 3 is 2.76 bits per heavy atom. The number of anilines is 3. The fourth-order valence-corrected chi connectivity index (χ4v) is 1.22. The number of carbonyl (C=O) groups is 1. The standard InChI is InChI=1S/C9H17N7O/c1-2-12-8(17)3-4-13-6-5-7(16-11)15-9(10)14-6/h5H,2-4,11H2,1H3,(H,12,17)(H4,10,13,14,15,16). The van der Waals surface area contributed by atoms with Crippen molar-refractivity contribution in [3.8, 4) is 0 Å². The first-order valence-corrected chi connectivity index (χ1v) is 5.27. The number of carbonyl (C=O) groups excluding carboxylic acids is 1. The summed E-state index contributed by atoms with van der Waals surface area (Å²) in [7, 11) is 0. The zero-order chi connectivity index (χ0) is 12.7. The Labute approximate surface area is 99.2 Å². The normalized spacial score (nSPS) is 9.76. The van der Waals surface area contributed by atoms with E-state index >= 15 is 0 Å². The van der Waals surface area contributed by atoms with Crippen molar-refractivity contribution in [1.29, 1.82) is 0 Å². The fourth-order valence-electron chi connectivity index (χ4n) is 1.22. The summed E-state index contributed by atoms with van der Waals surface area (Å²) in [5.74, 6) is 6.25. The molecule has 8 nitrogen and oxygen atoms in total. The molecule has 1 aromatic heterocycles. The summed E-state index contributed by atoms with van der Waals surface area (Å²) in [4.78, 5) is 19.0. The summed E-state index contributed by atoms with van der Waals surface area (Å²) >= 11 is 0. The van der Waals surface area contributed by atoms with Crippen molar-refractivity contribution in [2.24, 2.45) is 5.84 Å². The van der Waals surface area contributed by atoms with E-state index in [1.807, 2.05) is 6.92 Å². The Hall–Kier alpha value is -2.09. The molecule has 94 valence electrons. The Balaban J connectivity index is 2.46. The number of rotatable bonds is 6. The molecule has 1 amide bonds. The molecule has 0 aromatic carbocycles. The van der Waals surface area contributed by atoms with Crippen molar-refractivity contribution in [2.75, 3.05) is 29.6 Å². The topological polar surface area (TPSA) is 131 Å². The molecule has 0 saturated heterocycles. The summed E-state index contributed by atoms with van der Waals surface area (Å²) in [6, 6.07) is 1.61. The molecule has 8 heteroatoms. The molecule has 0 radical (unpaired) electrons. The van der Waals surface area contributed by atoms with E-state index < -0.39 is 0 Å². The van der Waals surface area contributed by atoms with Gasteiger partial charge in [-0.25, -0.2) is 5.84 Å². The smallest absolute Gasteiger partial charge is 0.223 e. The molecule has 1 rings (SSSR count). The molecule has 0 bridgehead atoms. The number of nitrogens with one attached hydrogen (secondary N) is 3. The molecule has 0 aliphatic carbocycles. The van der Waals surface area contributed by atoms with Crippen LogP contribution in [0.4, 0.5) is 17.6 Å². The number of nitrogens with two attached hydrogens (primary N) is 2. The zero-order valence-corrected chi connectivity index (χ0v) is 9.66. The van der Waals surface area contributed by atoms with Gasteiger partial charge >= 0.3 is 0 Å². The van der Waals surface area contributed by atoms with E-state index in [0.717, 1.165) is 0 Å². The molecule has 1 aromatic rings. The molecule has 0 saturated carbocycles. The van der Waals surface area contributed by atoms with Gasteiger partial charge in [0.1, 0.15) is 11.6 Å². The van der Waals surface area contributed by atoms with Crippen molar-refractivity contribution in [3.05, 3.63) is 6.07 Å². The minimum atomic E-state index is -0.0146. The summed E-state index contributed by atoms with van der Waals surface area (Å²) in [5, 5.41) is 5.66. The average molecular weight is 239 g/mol. The first kappa shape index (κ1) is 13.0. The predicted octanol–water partition coefficient (Wildman–Crippen LogP) is -0.717. The third-order valence-electron chi connectivity index (χ3n) is 1.92. The lowest BCUT2D eigenvalue weighted by atomic mass is 10.4. The molecule has 7 N–H and O–H groups in total. The van der Waals surface area contributed by atoms with E-state index in [9.17, 15) is 4.79 Å². The van der Waals surface area contributed by atoms with Crippen molar-refractivity contribution >= 4 is 23.5 Å². The Morgan fingerprint density at radius 1 is 1.41 bits per heavy atom. The predicted molar refractivity (Wildman–Crippen MR) is 66.0 cm³/mol. The lowest BCUT2D eigenvalue weighted by molar-refractivity contribution is -0.120. The van der Waals surface area contributed by atoms with Gasteiger partial charge in [-0.2, -0.15) is 9.97 Å². The Kier molecular flexibility index (Phi) is 4.95.